The van der Waals surface area contributed by atoms with Crippen LogP contribution in [-0.4, -0.2) is 37.1 Å². The van der Waals surface area contributed by atoms with Crippen LogP contribution in [0.25, 0.3) is 0 Å². The van der Waals surface area contributed by atoms with E-state index in [1.807, 2.05) is 13.8 Å². The number of amides is 1. The summed E-state index contributed by atoms with van der Waals surface area (Å²) in [6.07, 6.45) is 1.80. The minimum Gasteiger partial charge on any atom is -0.490 e. The number of ether oxygens (including phenoxy) is 2. The molecule has 8 nitrogen and oxygen atoms in total. The monoisotopic (exact) mass is 431 g/mol. The molecule has 2 atom stereocenters. The van der Waals surface area contributed by atoms with E-state index in [0.29, 0.717) is 42.4 Å². The predicted octanol–water partition coefficient (Wildman–Crippen LogP) is 2.76. The normalized spacial score (nSPS) is 21.4. The van der Waals surface area contributed by atoms with Crippen LogP contribution in [0.2, 0.25) is 0 Å². The number of carbonyl (C=O) groups excluding carboxylic acids is 1. The number of nitrogens with zero attached hydrogens (tertiary/aromatic N) is 4. The van der Waals surface area contributed by atoms with Gasteiger partial charge in [-0.2, -0.15) is 15.8 Å². The lowest BCUT2D eigenvalue weighted by atomic mass is 9.58. The lowest BCUT2D eigenvalue weighted by Crippen LogP contribution is -2.48. The lowest BCUT2D eigenvalue weighted by Gasteiger charge is -2.45. The molecule has 0 radical (unpaired) electrons. The summed E-state index contributed by atoms with van der Waals surface area (Å²) in [5.74, 6) is -0.241. The average molecular weight is 431 g/mol. The third kappa shape index (κ3) is 3.53. The molecule has 1 aromatic rings. The van der Waals surface area contributed by atoms with E-state index in [1.54, 1.807) is 29.2 Å². The number of carbonyl (C=O) groups is 1. The molecule has 8 heteroatoms. The van der Waals surface area contributed by atoms with Crippen molar-refractivity contribution in [3.63, 3.8) is 0 Å². The lowest BCUT2D eigenvalue weighted by molar-refractivity contribution is -0.129. The zero-order valence-electron chi connectivity index (χ0n) is 18.4. The summed E-state index contributed by atoms with van der Waals surface area (Å²) < 4.78 is 11.4. The number of fused-ring (bicyclic) bond motifs is 1. The van der Waals surface area contributed by atoms with Gasteiger partial charge in [0, 0.05) is 31.8 Å². The van der Waals surface area contributed by atoms with E-state index in [1.165, 1.54) is 6.92 Å². The molecule has 0 aromatic heterocycles. The number of allylic oxidation sites excluding steroid dienone is 2. The Morgan fingerprint density at radius 1 is 1.19 bits per heavy atom. The quantitative estimate of drug-likeness (QED) is 0.757. The molecule has 0 spiro atoms. The fourth-order valence-corrected chi connectivity index (χ4v) is 4.57. The van der Waals surface area contributed by atoms with E-state index in [0.717, 1.165) is 0 Å². The molecule has 1 amide bonds. The average Bonchev–Trinajstić information content (AvgIpc) is 2.79. The number of nitriles is 3. The van der Waals surface area contributed by atoms with Crippen LogP contribution < -0.4 is 15.2 Å². The van der Waals surface area contributed by atoms with Gasteiger partial charge in [0.2, 0.25) is 5.91 Å². The first-order chi connectivity index (χ1) is 15.4. The van der Waals surface area contributed by atoms with Crippen LogP contribution in [0.15, 0.2) is 41.1 Å². The van der Waals surface area contributed by atoms with Crippen LogP contribution in [0.5, 0.6) is 11.5 Å². The standard InChI is InChI=1S/C24H25N5O3/c1-4-31-20-7-6-16(10-21(20)32-5-2)22-19-12-29(15(3)30)9-8-17(19)18(11-25)23(28)24(22,13-26)14-27/h6-8,10,19,22H,4-5,9,12,28H2,1-3H3. The summed E-state index contributed by atoms with van der Waals surface area (Å²) in [6.45, 7) is 6.66. The second-order valence-electron chi connectivity index (χ2n) is 7.67. The zero-order valence-corrected chi connectivity index (χ0v) is 18.4. The largest absolute Gasteiger partial charge is 0.490 e. The van der Waals surface area contributed by atoms with Gasteiger partial charge in [-0.3, -0.25) is 4.79 Å². The fraction of sp³-hybridized carbons (Fsp3) is 0.417. The number of nitrogens with two attached hydrogens (primary N) is 1. The Hall–Kier alpha value is -3.96. The second-order valence-corrected chi connectivity index (χ2v) is 7.67. The van der Waals surface area contributed by atoms with Gasteiger partial charge in [0.05, 0.1) is 36.6 Å². The molecule has 1 aliphatic carbocycles. The van der Waals surface area contributed by atoms with Gasteiger partial charge in [-0.05, 0) is 37.1 Å². The van der Waals surface area contributed by atoms with Crippen molar-refractivity contribution in [2.24, 2.45) is 17.1 Å². The molecule has 0 bridgehead atoms. The molecule has 0 saturated carbocycles. The minimum atomic E-state index is -1.77. The van der Waals surface area contributed by atoms with E-state index in [9.17, 15) is 20.6 Å². The van der Waals surface area contributed by atoms with Gasteiger partial charge in [-0.15, -0.1) is 0 Å². The van der Waals surface area contributed by atoms with Crippen molar-refractivity contribution in [1.29, 1.82) is 15.8 Å². The molecule has 1 heterocycles. The highest BCUT2D eigenvalue weighted by atomic mass is 16.5. The molecule has 164 valence electrons. The van der Waals surface area contributed by atoms with Crippen LogP contribution in [0.4, 0.5) is 0 Å². The first kappa shape index (κ1) is 22.7. The molecule has 2 aliphatic rings. The fourth-order valence-electron chi connectivity index (χ4n) is 4.57. The van der Waals surface area contributed by atoms with Gasteiger partial charge < -0.3 is 20.1 Å². The Bertz CT molecular complexity index is 1100. The molecular formula is C24H25N5O3. The predicted molar refractivity (Wildman–Crippen MR) is 116 cm³/mol. The smallest absolute Gasteiger partial charge is 0.219 e. The topological polar surface area (TPSA) is 136 Å². The van der Waals surface area contributed by atoms with Gasteiger partial charge in [-0.1, -0.05) is 12.1 Å². The maximum absolute atomic E-state index is 12.1. The van der Waals surface area contributed by atoms with Gasteiger partial charge in [0.15, 0.2) is 16.9 Å². The van der Waals surface area contributed by atoms with Crippen molar-refractivity contribution in [1.82, 2.24) is 4.90 Å². The van der Waals surface area contributed by atoms with E-state index in [2.05, 4.69) is 18.2 Å². The summed E-state index contributed by atoms with van der Waals surface area (Å²) in [7, 11) is 0. The van der Waals surface area contributed by atoms with E-state index < -0.39 is 17.3 Å². The summed E-state index contributed by atoms with van der Waals surface area (Å²) in [5, 5.41) is 30.2. The summed E-state index contributed by atoms with van der Waals surface area (Å²) in [4.78, 5) is 13.8. The number of benzene rings is 1. The molecule has 1 aromatic carbocycles. The molecule has 3 rings (SSSR count). The van der Waals surface area contributed by atoms with Crippen molar-refractivity contribution < 1.29 is 14.3 Å². The first-order valence-electron chi connectivity index (χ1n) is 10.5. The van der Waals surface area contributed by atoms with Crippen molar-refractivity contribution in [2.45, 2.75) is 26.7 Å². The Morgan fingerprint density at radius 2 is 1.84 bits per heavy atom. The van der Waals surface area contributed by atoms with Gasteiger partial charge in [0.25, 0.3) is 0 Å². The van der Waals surface area contributed by atoms with Gasteiger partial charge >= 0.3 is 0 Å². The molecule has 2 unspecified atom stereocenters. The van der Waals surface area contributed by atoms with Crippen LogP contribution in [0.3, 0.4) is 0 Å². The maximum Gasteiger partial charge on any atom is 0.219 e. The van der Waals surface area contributed by atoms with Crippen LogP contribution in [-0.2, 0) is 4.79 Å². The van der Waals surface area contributed by atoms with Crippen molar-refractivity contribution in [3.05, 3.63) is 46.7 Å². The molecule has 0 saturated heterocycles. The summed E-state index contributed by atoms with van der Waals surface area (Å²) in [5.41, 5.74) is 5.97. The SMILES string of the molecule is CCOc1ccc(C2C3CN(C(C)=O)CC=C3C(C#N)=C(N)C2(C#N)C#N)cc1OCC. The van der Waals surface area contributed by atoms with Crippen LogP contribution >= 0.6 is 0 Å². The summed E-state index contributed by atoms with van der Waals surface area (Å²) >= 11 is 0. The third-order valence-corrected chi connectivity index (χ3v) is 6.04. The second kappa shape index (κ2) is 9.04. The highest BCUT2D eigenvalue weighted by Crippen LogP contribution is 2.54. The zero-order chi connectivity index (χ0) is 23.5. The van der Waals surface area contributed by atoms with Gasteiger partial charge in [0.1, 0.15) is 6.07 Å². The third-order valence-electron chi connectivity index (χ3n) is 6.04. The number of hydrogen-bond acceptors (Lipinski definition) is 7. The first-order valence-corrected chi connectivity index (χ1v) is 10.5. The number of hydrogen-bond donors (Lipinski definition) is 1. The molecular weight excluding hydrogens is 406 g/mol. The van der Waals surface area contributed by atoms with Crippen molar-refractivity contribution in [3.8, 4) is 29.7 Å². The molecule has 32 heavy (non-hydrogen) atoms. The molecule has 2 N–H and O–H groups in total. The van der Waals surface area contributed by atoms with E-state index in [4.69, 9.17) is 15.2 Å². The van der Waals surface area contributed by atoms with E-state index in [-0.39, 0.29) is 23.7 Å². The van der Waals surface area contributed by atoms with Crippen LogP contribution in [0.1, 0.15) is 32.3 Å². The Morgan fingerprint density at radius 3 is 2.41 bits per heavy atom. The molecule has 1 aliphatic heterocycles. The van der Waals surface area contributed by atoms with E-state index >= 15 is 0 Å². The number of rotatable bonds is 5. The minimum absolute atomic E-state index is 0.0550. The summed E-state index contributed by atoms with van der Waals surface area (Å²) in [6, 6.07) is 11.6. The highest BCUT2D eigenvalue weighted by molar-refractivity contribution is 5.74. The van der Waals surface area contributed by atoms with Gasteiger partial charge in [-0.25, -0.2) is 0 Å². The Balaban J connectivity index is 2.28. The molecule has 0 fully saturated rings. The maximum atomic E-state index is 12.1. The highest BCUT2D eigenvalue weighted by Gasteiger charge is 2.54. The van der Waals surface area contributed by atoms with Crippen LogP contribution in [0, 0.1) is 45.3 Å². The van der Waals surface area contributed by atoms with Crippen molar-refractivity contribution in [2.75, 3.05) is 26.3 Å². The Kier molecular flexibility index (Phi) is 6.42. The Labute approximate surface area is 187 Å². The van der Waals surface area contributed by atoms with Crippen molar-refractivity contribution >= 4 is 5.91 Å².